The Balaban J connectivity index is 1.82. The van der Waals surface area contributed by atoms with E-state index in [-0.39, 0.29) is 17.5 Å². The van der Waals surface area contributed by atoms with Crippen LogP contribution in [0.1, 0.15) is 33.3 Å². The van der Waals surface area contributed by atoms with E-state index in [1.54, 1.807) is 24.4 Å². The lowest BCUT2D eigenvalue weighted by molar-refractivity contribution is 0.271. The first kappa shape index (κ1) is 20.9. The Morgan fingerprint density at radius 2 is 1.89 bits per heavy atom. The van der Waals surface area contributed by atoms with Crippen molar-refractivity contribution >= 4 is 14.1 Å². The molecule has 2 heterocycles. The number of hydrogen-bond donors (Lipinski definition) is 0. The fourth-order valence-corrected chi connectivity index (χ4v) is 4.02. The van der Waals surface area contributed by atoms with Crippen LogP contribution in [0.5, 0.6) is 0 Å². The van der Waals surface area contributed by atoms with Gasteiger partial charge in [-0.2, -0.15) is 0 Å². The summed E-state index contributed by atoms with van der Waals surface area (Å²) in [6.45, 7) is 14.7. The van der Waals surface area contributed by atoms with E-state index in [0.29, 0.717) is 28.4 Å². The van der Waals surface area contributed by atoms with Crippen LogP contribution in [0.2, 0.25) is 18.1 Å². The first-order valence-corrected chi connectivity index (χ1v) is 12.7. The second kappa shape index (κ2) is 7.56. The number of halogens is 2. The van der Waals surface area contributed by atoms with Crippen LogP contribution in [0.4, 0.5) is 14.6 Å². The van der Waals surface area contributed by atoms with Crippen molar-refractivity contribution in [3.05, 3.63) is 47.7 Å². The summed E-state index contributed by atoms with van der Waals surface area (Å²) in [6, 6.07) is 6.55. The second-order valence-corrected chi connectivity index (χ2v) is 14.2. The van der Waals surface area contributed by atoms with Crippen molar-refractivity contribution in [2.24, 2.45) is 5.92 Å². The normalized spacial score (nSPS) is 15.6. The molecule has 1 aromatic carbocycles. The van der Waals surface area contributed by atoms with Crippen molar-refractivity contribution in [3.8, 4) is 11.1 Å². The van der Waals surface area contributed by atoms with Gasteiger partial charge >= 0.3 is 0 Å². The molecule has 6 heteroatoms. The maximum Gasteiger partial charge on any atom is 0.192 e. The Hall–Kier alpha value is -1.79. The van der Waals surface area contributed by atoms with Crippen LogP contribution >= 0.6 is 0 Å². The summed E-state index contributed by atoms with van der Waals surface area (Å²) in [7, 11) is -1.98. The van der Waals surface area contributed by atoms with Crippen molar-refractivity contribution < 1.29 is 13.2 Å². The minimum absolute atomic E-state index is 0.0539. The van der Waals surface area contributed by atoms with Gasteiger partial charge in [-0.15, -0.1) is 0 Å². The highest BCUT2D eigenvalue weighted by Crippen LogP contribution is 2.37. The van der Waals surface area contributed by atoms with E-state index in [1.807, 2.05) is 4.90 Å². The van der Waals surface area contributed by atoms with Gasteiger partial charge in [-0.25, -0.2) is 13.8 Å². The first-order valence-electron chi connectivity index (χ1n) is 9.82. The minimum atomic E-state index is -1.98. The summed E-state index contributed by atoms with van der Waals surface area (Å²) >= 11 is 0. The molecule has 0 bridgehead atoms. The fraction of sp³-hybridized carbons (Fsp3) is 0.500. The maximum atomic E-state index is 15.1. The topological polar surface area (TPSA) is 25.4 Å². The van der Waals surface area contributed by atoms with Crippen molar-refractivity contribution in [3.63, 3.8) is 0 Å². The zero-order valence-electron chi connectivity index (χ0n) is 17.6. The van der Waals surface area contributed by atoms with E-state index < -0.39 is 14.1 Å². The molecule has 3 rings (SSSR count). The third kappa shape index (κ3) is 4.13. The largest absolute Gasteiger partial charge is 0.412 e. The smallest absolute Gasteiger partial charge is 0.192 e. The van der Waals surface area contributed by atoms with E-state index in [9.17, 15) is 4.39 Å². The minimum Gasteiger partial charge on any atom is -0.412 e. The third-order valence-corrected chi connectivity index (χ3v) is 10.4. The SMILES string of the molecule is CC1CN(c2ncc(-c3cccc(CO[Si](C)(C)C(C)(C)C)c3F)cc2F)C1. The van der Waals surface area contributed by atoms with Gasteiger partial charge in [0.05, 0.1) is 6.61 Å². The Morgan fingerprint density at radius 3 is 2.46 bits per heavy atom. The van der Waals surface area contributed by atoms with Gasteiger partial charge in [0.2, 0.25) is 0 Å². The predicted octanol–water partition coefficient (Wildman–Crippen LogP) is 6.00. The lowest BCUT2D eigenvalue weighted by atomic mass is 10.0. The molecule has 0 saturated carbocycles. The molecule has 0 amide bonds. The second-order valence-electron chi connectivity index (χ2n) is 9.37. The molecule has 1 aliphatic rings. The van der Waals surface area contributed by atoms with Gasteiger partial charge in [-0.05, 0) is 30.1 Å². The van der Waals surface area contributed by atoms with Crippen molar-refractivity contribution in [2.45, 2.75) is 52.4 Å². The van der Waals surface area contributed by atoms with Gasteiger partial charge < -0.3 is 9.33 Å². The Kier molecular flexibility index (Phi) is 5.65. The molecule has 1 saturated heterocycles. The molecule has 3 nitrogen and oxygen atoms in total. The lowest BCUT2D eigenvalue weighted by Crippen LogP contribution is -2.46. The average molecular weight is 405 g/mol. The number of aromatic nitrogens is 1. The molecule has 0 N–H and O–H groups in total. The van der Waals surface area contributed by atoms with Crippen LogP contribution in [-0.4, -0.2) is 26.4 Å². The predicted molar refractivity (Wildman–Crippen MR) is 113 cm³/mol. The number of hydrogen-bond acceptors (Lipinski definition) is 3. The van der Waals surface area contributed by atoms with Crippen molar-refractivity contribution in [1.29, 1.82) is 0 Å². The van der Waals surface area contributed by atoms with Gasteiger partial charge in [-0.3, -0.25) is 0 Å². The molecule has 1 fully saturated rings. The number of rotatable bonds is 5. The monoisotopic (exact) mass is 404 g/mol. The summed E-state index contributed by atoms with van der Waals surface area (Å²) in [5.41, 5.74) is 1.29. The van der Waals surface area contributed by atoms with Crippen LogP contribution in [-0.2, 0) is 11.0 Å². The van der Waals surface area contributed by atoms with Crippen LogP contribution in [0.25, 0.3) is 11.1 Å². The standard InChI is InChI=1S/C22H30F2N2OSi/c1-15-12-26(13-15)21-19(23)10-17(11-25-21)18-9-7-8-16(20(18)24)14-27-28(5,6)22(2,3)4/h7-11,15H,12-14H2,1-6H3. The van der Waals surface area contributed by atoms with Crippen LogP contribution in [0.3, 0.4) is 0 Å². The number of benzene rings is 1. The zero-order chi connectivity index (χ0) is 20.7. The van der Waals surface area contributed by atoms with Gasteiger partial charge in [0.15, 0.2) is 20.0 Å². The summed E-state index contributed by atoms with van der Waals surface area (Å²) in [5.74, 6) is 0.120. The molecule has 1 aromatic heterocycles. The van der Waals surface area contributed by atoms with E-state index in [0.717, 1.165) is 13.1 Å². The number of pyridine rings is 1. The van der Waals surface area contributed by atoms with E-state index in [4.69, 9.17) is 4.43 Å². The molecule has 0 aliphatic carbocycles. The number of anilines is 1. The first-order chi connectivity index (χ1) is 13.0. The summed E-state index contributed by atoms with van der Waals surface area (Å²) in [6.07, 6.45) is 1.55. The Labute approximate surface area is 167 Å². The zero-order valence-corrected chi connectivity index (χ0v) is 18.6. The fourth-order valence-electron chi connectivity index (χ4n) is 3.07. The van der Waals surface area contributed by atoms with Crippen molar-refractivity contribution in [2.75, 3.05) is 18.0 Å². The maximum absolute atomic E-state index is 15.1. The van der Waals surface area contributed by atoms with Gasteiger partial charge in [0, 0.05) is 36.0 Å². The highest BCUT2D eigenvalue weighted by Gasteiger charge is 2.37. The molecule has 2 aromatic rings. The highest BCUT2D eigenvalue weighted by atomic mass is 28.4. The average Bonchev–Trinajstić information content (AvgIpc) is 2.57. The van der Waals surface area contributed by atoms with Crippen molar-refractivity contribution in [1.82, 2.24) is 4.98 Å². The van der Waals surface area contributed by atoms with E-state index in [2.05, 4.69) is 45.8 Å². The molecule has 0 radical (unpaired) electrons. The molecule has 152 valence electrons. The summed E-state index contributed by atoms with van der Waals surface area (Å²) < 4.78 is 35.8. The van der Waals surface area contributed by atoms with Crippen LogP contribution < -0.4 is 4.90 Å². The quantitative estimate of drug-likeness (QED) is 0.571. The molecular formula is C22H30F2N2OSi. The van der Waals surface area contributed by atoms with Crippen LogP contribution in [0.15, 0.2) is 30.5 Å². The third-order valence-electron chi connectivity index (χ3n) is 5.97. The molecule has 0 spiro atoms. The summed E-state index contributed by atoms with van der Waals surface area (Å²) in [5, 5.41) is 0.0539. The Bertz CT molecular complexity index is 858. The molecule has 28 heavy (non-hydrogen) atoms. The molecule has 0 atom stereocenters. The Morgan fingerprint density at radius 1 is 1.21 bits per heavy atom. The summed E-state index contributed by atoms with van der Waals surface area (Å²) in [4.78, 5) is 6.17. The van der Waals surface area contributed by atoms with E-state index >= 15 is 4.39 Å². The van der Waals surface area contributed by atoms with E-state index in [1.165, 1.54) is 6.07 Å². The highest BCUT2D eigenvalue weighted by molar-refractivity contribution is 6.74. The van der Waals surface area contributed by atoms with Crippen LogP contribution in [0, 0.1) is 17.6 Å². The van der Waals surface area contributed by atoms with Gasteiger partial charge in [0.1, 0.15) is 5.82 Å². The lowest BCUT2D eigenvalue weighted by Gasteiger charge is -2.38. The number of nitrogens with zero attached hydrogens (tertiary/aromatic N) is 2. The molecule has 1 aliphatic heterocycles. The molecule has 0 unspecified atom stereocenters. The van der Waals surface area contributed by atoms with Gasteiger partial charge in [-0.1, -0.05) is 45.9 Å². The van der Waals surface area contributed by atoms with Gasteiger partial charge in [0.25, 0.3) is 0 Å². The molecular weight excluding hydrogens is 374 g/mol.